The second kappa shape index (κ2) is 10.3. The van der Waals surface area contributed by atoms with Gasteiger partial charge in [-0.05, 0) is 49.2 Å². The lowest BCUT2D eigenvalue weighted by molar-refractivity contribution is -0.114. The van der Waals surface area contributed by atoms with Gasteiger partial charge in [-0.1, -0.05) is 62.1 Å². The van der Waals surface area contributed by atoms with E-state index in [1.807, 2.05) is 31.2 Å². The van der Waals surface area contributed by atoms with Gasteiger partial charge in [-0.25, -0.2) is 4.79 Å². The normalized spacial score (nSPS) is 10.8. The Balaban J connectivity index is 1.85. The fraction of sp³-hybridized carbons (Fsp3) is 0.304. The summed E-state index contributed by atoms with van der Waals surface area (Å²) in [4.78, 5) is 23.9. The van der Waals surface area contributed by atoms with Crippen molar-refractivity contribution in [1.82, 2.24) is 0 Å². The average Bonchev–Trinajstić information content (AvgIpc) is 2.65. The van der Waals surface area contributed by atoms with Gasteiger partial charge in [0.15, 0.2) is 5.78 Å². The van der Waals surface area contributed by atoms with E-state index in [1.54, 1.807) is 36.4 Å². The van der Waals surface area contributed by atoms with E-state index in [2.05, 4.69) is 6.92 Å². The van der Waals surface area contributed by atoms with Crippen LogP contribution in [0.5, 0.6) is 5.75 Å². The first-order valence-electron chi connectivity index (χ1n) is 9.18. The molecular weight excluding hydrogens is 324 g/mol. The van der Waals surface area contributed by atoms with Crippen molar-refractivity contribution in [3.63, 3.8) is 0 Å². The summed E-state index contributed by atoms with van der Waals surface area (Å²) in [5.41, 5.74) is 2.52. The zero-order valence-electron chi connectivity index (χ0n) is 15.5. The van der Waals surface area contributed by atoms with Crippen molar-refractivity contribution in [2.45, 2.75) is 46.0 Å². The topological polar surface area (TPSA) is 43.4 Å². The Morgan fingerprint density at radius 3 is 2.27 bits per heavy atom. The summed E-state index contributed by atoms with van der Waals surface area (Å²) >= 11 is 0. The molecule has 0 saturated carbocycles. The van der Waals surface area contributed by atoms with Crippen molar-refractivity contribution in [3.05, 3.63) is 71.3 Å². The van der Waals surface area contributed by atoms with E-state index in [-0.39, 0.29) is 11.8 Å². The van der Waals surface area contributed by atoms with E-state index >= 15 is 0 Å². The van der Waals surface area contributed by atoms with Gasteiger partial charge in [0.2, 0.25) is 0 Å². The van der Waals surface area contributed by atoms with Gasteiger partial charge in [0.25, 0.3) is 0 Å². The summed E-state index contributed by atoms with van der Waals surface area (Å²) in [6.45, 7) is 4.13. The molecule has 136 valence electrons. The predicted octanol–water partition coefficient (Wildman–Crippen LogP) is 5.77. The molecule has 0 N–H and O–H groups in total. The molecule has 0 atom stereocenters. The van der Waals surface area contributed by atoms with Crippen LogP contribution in [0.2, 0.25) is 0 Å². The monoisotopic (exact) mass is 350 g/mol. The molecular formula is C23H26O3. The Morgan fingerprint density at radius 1 is 0.923 bits per heavy atom. The number of carbonyl (C=O) groups is 2. The number of aryl methyl sites for hydroxylation is 1. The SMILES string of the molecule is CCCCCCC(=O)C=Cc1ccc(OC(=O)c2ccc(C)cc2)cc1. The van der Waals surface area contributed by atoms with Crippen molar-refractivity contribution >= 4 is 17.8 Å². The van der Waals surface area contributed by atoms with Crippen LogP contribution in [0.15, 0.2) is 54.6 Å². The standard InChI is InChI=1S/C23H26O3/c1-3-4-5-6-7-21(24)15-10-19-11-16-22(17-12-19)26-23(25)20-13-8-18(2)9-14-20/h8-17H,3-7H2,1-2H3. The van der Waals surface area contributed by atoms with Crippen molar-refractivity contribution in [1.29, 1.82) is 0 Å². The van der Waals surface area contributed by atoms with Crippen LogP contribution in [-0.4, -0.2) is 11.8 Å². The summed E-state index contributed by atoms with van der Waals surface area (Å²) in [6.07, 6.45) is 8.43. The third-order valence-corrected chi connectivity index (χ3v) is 4.12. The second-order valence-corrected chi connectivity index (χ2v) is 6.43. The van der Waals surface area contributed by atoms with E-state index in [1.165, 1.54) is 12.8 Å². The highest BCUT2D eigenvalue weighted by atomic mass is 16.5. The van der Waals surface area contributed by atoms with E-state index in [9.17, 15) is 9.59 Å². The van der Waals surface area contributed by atoms with E-state index < -0.39 is 0 Å². The average molecular weight is 350 g/mol. The molecule has 0 aromatic heterocycles. The molecule has 2 aromatic rings. The van der Waals surface area contributed by atoms with Crippen molar-refractivity contribution in [2.24, 2.45) is 0 Å². The number of benzene rings is 2. The Bertz CT molecular complexity index is 740. The molecule has 0 spiro atoms. The van der Waals surface area contributed by atoms with Gasteiger partial charge in [0.05, 0.1) is 5.56 Å². The lowest BCUT2D eigenvalue weighted by Gasteiger charge is -2.05. The molecule has 0 bridgehead atoms. The summed E-state index contributed by atoms with van der Waals surface area (Å²) in [6, 6.07) is 14.4. The zero-order chi connectivity index (χ0) is 18.8. The van der Waals surface area contributed by atoms with Gasteiger partial charge in [-0.15, -0.1) is 0 Å². The second-order valence-electron chi connectivity index (χ2n) is 6.43. The molecule has 0 aliphatic heterocycles. The smallest absolute Gasteiger partial charge is 0.343 e. The number of esters is 1. The molecule has 2 rings (SSSR count). The highest BCUT2D eigenvalue weighted by molar-refractivity contribution is 5.93. The maximum atomic E-state index is 12.1. The van der Waals surface area contributed by atoms with Crippen LogP contribution in [0.25, 0.3) is 6.08 Å². The van der Waals surface area contributed by atoms with Crippen molar-refractivity contribution < 1.29 is 14.3 Å². The Hall–Kier alpha value is -2.68. The lowest BCUT2D eigenvalue weighted by Crippen LogP contribution is -2.08. The fourth-order valence-electron chi connectivity index (χ4n) is 2.50. The molecule has 0 aliphatic carbocycles. The van der Waals surface area contributed by atoms with Crippen LogP contribution in [0.1, 0.15) is 60.5 Å². The molecule has 0 saturated heterocycles. The van der Waals surface area contributed by atoms with Crippen LogP contribution in [-0.2, 0) is 4.79 Å². The largest absolute Gasteiger partial charge is 0.423 e. The Kier molecular flexibility index (Phi) is 7.81. The molecule has 0 fully saturated rings. The number of carbonyl (C=O) groups excluding carboxylic acids is 2. The summed E-state index contributed by atoms with van der Waals surface area (Å²) in [5, 5.41) is 0. The van der Waals surface area contributed by atoms with Gasteiger partial charge < -0.3 is 4.74 Å². The summed E-state index contributed by atoms with van der Waals surface area (Å²) in [5.74, 6) is 0.255. The lowest BCUT2D eigenvalue weighted by atomic mass is 10.1. The molecule has 0 amide bonds. The Labute approximate surface area is 155 Å². The zero-order valence-corrected chi connectivity index (χ0v) is 15.5. The molecule has 3 heteroatoms. The molecule has 0 heterocycles. The third kappa shape index (κ3) is 6.67. The van der Waals surface area contributed by atoms with Crippen LogP contribution < -0.4 is 4.74 Å². The van der Waals surface area contributed by atoms with Crippen molar-refractivity contribution in [2.75, 3.05) is 0 Å². The summed E-state index contributed by atoms with van der Waals surface area (Å²) < 4.78 is 5.37. The minimum Gasteiger partial charge on any atom is -0.423 e. The van der Waals surface area contributed by atoms with Gasteiger partial charge >= 0.3 is 5.97 Å². The predicted molar refractivity (Wildman–Crippen MR) is 105 cm³/mol. The fourth-order valence-corrected chi connectivity index (χ4v) is 2.50. The number of rotatable bonds is 9. The Morgan fingerprint density at radius 2 is 1.62 bits per heavy atom. The molecule has 26 heavy (non-hydrogen) atoms. The minimum absolute atomic E-state index is 0.149. The highest BCUT2D eigenvalue weighted by Gasteiger charge is 2.07. The van der Waals surface area contributed by atoms with Crippen LogP contribution in [0.3, 0.4) is 0 Å². The van der Waals surface area contributed by atoms with Gasteiger partial charge in [0, 0.05) is 6.42 Å². The highest BCUT2D eigenvalue weighted by Crippen LogP contribution is 2.16. The maximum Gasteiger partial charge on any atom is 0.343 e. The minimum atomic E-state index is -0.379. The van der Waals surface area contributed by atoms with Gasteiger partial charge in [-0.2, -0.15) is 0 Å². The van der Waals surface area contributed by atoms with Gasteiger partial charge in [0.1, 0.15) is 5.75 Å². The number of hydrogen-bond acceptors (Lipinski definition) is 3. The van der Waals surface area contributed by atoms with Crippen LogP contribution in [0.4, 0.5) is 0 Å². The van der Waals surface area contributed by atoms with Crippen LogP contribution >= 0.6 is 0 Å². The number of ketones is 1. The number of unbranched alkanes of at least 4 members (excludes halogenated alkanes) is 3. The van der Waals surface area contributed by atoms with E-state index in [0.717, 1.165) is 24.0 Å². The molecule has 3 nitrogen and oxygen atoms in total. The van der Waals surface area contributed by atoms with E-state index in [0.29, 0.717) is 17.7 Å². The molecule has 0 unspecified atom stereocenters. The molecule has 0 radical (unpaired) electrons. The third-order valence-electron chi connectivity index (χ3n) is 4.12. The first-order chi connectivity index (χ1) is 12.6. The first-order valence-corrected chi connectivity index (χ1v) is 9.18. The first kappa shape index (κ1) is 19.6. The molecule has 2 aromatic carbocycles. The number of hydrogen-bond donors (Lipinski definition) is 0. The van der Waals surface area contributed by atoms with Crippen LogP contribution in [0, 0.1) is 6.92 Å². The van der Waals surface area contributed by atoms with E-state index in [4.69, 9.17) is 4.74 Å². The maximum absolute atomic E-state index is 12.1. The number of allylic oxidation sites excluding steroid dienone is 1. The summed E-state index contributed by atoms with van der Waals surface area (Å²) in [7, 11) is 0. The number of ether oxygens (including phenoxy) is 1. The van der Waals surface area contributed by atoms with Gasteiger partial charge in [-0.3, -0.25) is 4.79 Å². The van der Waals surface area contributed by atoms with Crippen molar-refractivity contribution in [3.8, 4) is 5.75 Å². The quantitative estimate of drug-likeness (QED) is 0.250. The molecule has 0 aliphatic rings.